The molecular weight excluding hydrogens is 220 g/mol. The largest absolute Gasteiger partial charge is 0.307 e. The maximum atomic E-state index is 13.9. The van der Waals surface area contributed by atoms with Crippen LogP contribution in [0, 0.1) is 17.6 Å². The van der Waals surface area contributed by atoms with Gasteiger partial charge in [0, 0.05) is 11.1 Å². The molecule has 0 bridgehead atoms. The molecule has 1 saturated heterocycles. The summed E-state index contributed by atoms with van der Waals surface area (Å²) < 4.78 is 27.3. The molecule has 0 aromatic heterocycles. The number of nitrogens with one attached hydrogen (secondary N) is 1. The van der Waals surface area contributed by atoms with Crippen molar-refractivity contribution in [3.05, 3.63) is 35.4 Å². The molecule has 0 radical (unpaired) electrons. The predicted molar refractivity (Wildman–Crippen MR) is 64.7 cm³/mol. The summed E-state index contributed by atoms with van der Waals surface area (Å²) in [4.78, 5) is 0. The quantitative estimate of drug-likeness (QED) is 0.850. The minimum atomic E-state index is -0.751. The fourth-order valence-corrected chi connectivity index (χ4v) is 2.89. The molecule has 17 heavy (non-hydrogen) atoms. The van der Waals surface area contributed by atoms with Crippen LogP contribution in [-0.4, -0.2) is 6.54 Å². The van der Waals surface area contributed by atoms with Crippen molar-refractivity contribution in [1.82, 2.24) is 5.32 Å². The molecule has 0 aliphatic carbocycles. The Kier molecular flexibility index (Phi) is 3.48. The minimum Gasteiger partial charge on any atom is -0.307 e. The minimum absolute atomic E-state index is 0.375. The van der Waals surface area contributed by atoms with E-state index in [-0.39, 0.29) is 5.54 Å². The molecule has 1 heterocycles. The summed E-state index contributed by atoms with van der Waals surface area (Å²) in [6.07, 6.45) is 2.74. The highest BCUT2D eigenvalue weighted by molar-refractivity contribution is 5.28. The molecule has 1 aliphatic heterocycles. The molecule has 1 aromatic rings. The Morgan fingerprint density at radius 3 is 2.71 bits per heavy atom. The summed E-state index contributed by atoms with van der Waals surface area (Å²) in [7, 11) is 0. The highest BCUT2D eigenvalue weighted by Gasteiger charge is 2.38. The van der Waals surface area contributed by atoms with Gasteiger partial charge < -0.3 is 5.32 Å². The summed E-state index contributed by atoms with van der Waals surface area (Å²) in [5, 5.41) is 3.38. The molecule has 94 valence electrons. The number of hydrogen-bond donors (Lipinski definition) is 1. The van der Waals surface area contributed by atoms with E-state index in [0.717, 1.165) is 25.8 Å². The van der Waals surface area contributed by atoms with E-state index in [2.05, 4.69) is 19.2 Å². The molecule has 0 saturated carbocycles. The van der Waals surface area contributed by atoms with Crippen LogP contribution < -0.4 is 5.32 Å². The molecule has 0 spiro atoms. The van der Waals surface area contributed by atoms with Crippen molar-refractivity contribution < 1.29 is 8.78 Å². The van der Waals surface area contributed by atoms with Crippen LogP contribution in [0.5, 0.6) is 0 Å². The van der Waals surface area contributed by atoms with Crippen molar-refractivity contribution >= 4 is 0 Å². The Bertz CT molecular complexity index is 395. The maximum Gasteiger partial charge on any atom is 0.163 e. The first kappa shape index (κ1) is 12.5. The van der Waals surface area contributed by atoms with E-state index in [1.807, 2.05) is 0 Å². The smallest absolute Gasteiger partial charge is 0.163 e. The Morgan fingerprint density at radius 2 is 2.12 bits per heavy atom. The van der Waals surface area contributed by atoms with E-state index < -0.39 is 11.6 Å². The number of halogens is 2. The Morgan fingerprint density at radius 1 is 1.35 bits per heavy atom. The van der Waals surface area contributed by atoms with Crippen LogP contribution in [0.2, 0.25) is 0 Å². The first-order valence-electron chi connectivity index (χ1n) is 6.25. The maximum absolute atomic E-state index is 13.9. The lowest BCUT2D eigenvalue weighted by atomic mass is 9.81. The van der Waals surface area contributed by atoms with Crippen LogP contribution >= 0.6 is 0 Å². The lowest BCUT2D eigenvalue weighted by Crippen LogP contribution is -2.39. The summed E-state index contributed by atoms with van der Waals surface area (Å²) >= 11 is 0. The third-order valence-corrected chi connectivity index (χ3v) is 3.47. The third-order valence-electron chi connectivity index (χ3n) is 3.47. The fourth-order valence-electron chi connectivity index (χ4n) is 2.89. The second-order valence-electron chi connectivity index (χ2n) is 5.31. The van der Waals surface area contributed by atoms with Crippen LogP contribution in [0.15, 0.2) is 18.2 Å². The number of benzene rings is 1. The van der Waals surface area contributed by atoms with Gasteiger partial charge in [0.05, 0.1) is 0 Å². The van der Waals surface area contributed by atoms with Gasteiger partial charge >= 0.3 is 0 Å². The topological polar surface area (TPSA) is 12.0 Å². The molecule has 1 nitrogen and oxygen atoms in total. The summed E-state index contributed by atoms with van der Waals surface area (Å²) in [5.41, 5.74) is 0.115. The Labute approximate surface area is 101 Å². The fraction of sp³-hybridized carbons (Fsp3) is 0.571. The van der Waals surface area contributed by atoms with Gasteiger partial charge in [0.2, 0.25) is 0 Å². The van der Waals surface area contributed by atoms with E-state index >= 15 is 0 Å². The standard InChI is InChI=1S/C14H19F2N/c1-10(2)9-14(7-4-8-17-14)11-5-3-6-12(15)13(11)16/h3,5-6,10,17H,4,7-9H2,1-2H3. The van der Waals surface area contributed by atoms with Crippen LogP contribution in [0.1, 0.15) is 38.7 Å². The van der Waals surface area contributed by atoms with Crippen molar-refractivity contribution in [2.24, 2.45) is 5.92 Å². The van der Waals surface area contributed by atoms with Gasteiger partial charge in [-0.25, -0.2) is 8.78 Å². The number of rotatable bonds is 3. The lowest BCUT2D eigenvalue weighted by Gasteiger charge is -2.32. The summed E-state index contributed by atoms with van der Waals surface area (Å²) in [6, 6.07) is 4.48. The van der Waals surface area contributed by atoms with E-state index in [1.165, 1.54) is 6.07 Å². The zero-order valence-corrected chi connectivity index (χ0v) is 10.4. The molecule has 3 heteroatoms. The van der Waals surface area contributed by atoms with Gasteiger partial charge in [-0.2, -0.15) is 0 Å². The van der Waals surface area contributed by atoms with Crippen molar-refractivity contribution in [1.29, 1.82) is 0 Å². The van der Waals surface area contributed by atoms with Crippen molar-refractivity contribution in [2.45, 2.75) is 38.6 Å². The monoisotopic (exact) mass is 239 g/mol. The predicted octanol–water partition coefficient (Wildman–Crippen LogP) is 3.59. The molecule has 2 rings (SSSR count). The molecule has 1 atom stereocenters. The molecular formula is C14H19F2N. The molecule has 1 unspecified atom stereocenters. The molecule has 1 aromatic carbocycles. The highest BCUT2D eigenvalue weighted by Crippen LogP contribution is 2.38. The zero-order chi connectivity index (χ0) is 12.5. The van der Waals surface area contributed by atoms with Crippen LogP contribution in [0.3, 0.4) is 0 Å². The van der Waals surface area contributed by atoms with Crippen LogP contribution in [0.4, 0.5) is 8.78 Å². The second kappa shape index (κ2) is 4.73. The van der Waals surface area contributed by atoms with Gasteiger partial charge in [0.15, 0.2) is 11.6 Å². The van der Waals surface area contributed by atoms with Gasteiger partial charge in [0.25, 0.3) is 0 Å². The van der Waals surface area contributed by atoms with Crippen molar-refractivity contribution in [3.63, 3.8) is 0 Å². The molecule has 1 N–H and O–H groups in total. The van der Waals surface area contributed by atoms with E-state index in [9.17, 15) is 8.78 Å². The Hall–Kier alpha value is -0.960. The summed E-state index contributed by atoms with van der Waals surface area (Å²) in [5.74, 6) is -0.995. The van der Waals surface area contributed by atoms with Crippen LogP contribution in [-0.2, 0) is 5.54 Å². The van der Waals surface area contributed by atoms with Gasteiger partial charge in [-0.15, -0.1) is 0 Å². The third kappa shape index (κ3) is 2.34. The zero-order valence-electron chi connectivity index (χ0n) is 10.4. The second-order valence-corrected chi connectivity index (χ2v) is 5.31. The van der Waals surface area contributed by atoms with Crippen molar-refractivity contribution in [3.8, 4) is 0 Å². The van der Waals surface area contributed by atoms with Gasteiger partial charge in [-0.3, -0.25) is 0 Å². The van der Waals surface area contributed by atoms with E-state index in [4.69, 9.17) is 0 Å². The Balaban J connectivity index is 2.42. The first-order valence-corrected chi connectivity index (χ1v) is 6.25. The van der Waals surface area contributed by atoms with E-state index in [0.29, 0.717) is 11.5 Å². The van der Waals surface area contributed by atoms with Crippen LogP contribution in [0.25, 0.3) is 0 Å². The van der Waals surface area contributed by atoms with Gasteiger partial charge in [-0.05, 0) is 37.8 Å². The molecule has 0 amide bonds. The molecule has 1 fully saturated rings. The average Bonchev–Trinajstić information content (AvgIpc) is 2.70. The highest BCUT2D eigenvalue weighted by atomic mass is 19.2. The normalized spacial score (nSPS) is 24.5. The lowest BCUT2D eigenvalue weighted by molar-refractivity contribution is 0.296. The van der Waals surface area contributed by atoms with Crippen molar-refractivity contribution in [2.75, 3.05) is 6.54 Å². The van der Waals surface area contributed by atoms with E-state index in [1.54, 1.807) is 12.1 Å². The SMILES string of the molecule is CC(C)CC1(c2cccc(F)c2F)CCCN1. The average molecular weight is 239 g/mol. The summed E-state index contributed by atoms with van der Waals surface area (Å²) in [6.45, 7) is 5.10. The molecule has 1 aliphatic rings. The first-order chi connectivity index (χ1) is 8.05. The van der Waals surface area contributed by atoms with Gasteiger partial charge in [0.1, 0.15) is 0 Å². The number of hydrogen-bond acceptors (Lipinski definition) is 1. The van der Waals surface area contributed by atoms with Gasteiger partial charge in [-0.1, -0.05) is 26.0 Å².